The lowest BCUT2D eigenvalue weighted by molar-refractivity contribution is 0.122. The van der Waals surface area contributed by atoms with E-state index in [4.69, 9.17) is 4.74 Å². The third-order valence-corrected chi connectivity index (χ3v) is 3.77. The van der Waals surface area contributed by atoms with Gasteiger partial charge in [0.25, 0.3) is 0 Å². The van der Waals surface area contributed by atoms with Crippen molar-refractivity contribution in [3.05, 3.63) is 23.3 Å². The molecule has 0 aromatic heterocycles. The summed E-state index contributed by atoms with van der Waals surface area (Å²) in [5.41, 5.74) is 3.31. The zero-order valence-corrected chi connectivity index (χ0v) is 12.4. The van der Waals surface area contributed by atoms with Crippen molar-refractivity contribution < 1.29 is 9.84 Å². The molecule has 0 aliphatic carbocycles. The molecule has 0 atom stereocenters. The Morgan fingerprint density at radius 2 is 1.47 bits per heavy atom. The first-order chi connectivity index (χ1) is 9.00. The largest absolute Gasteiger partial charge is 0.507 e. The van der Waals surface area contributed by atoms with Crippen LogP contribution in [0.2, 0.25) is 0 Å². The van der Waals surface area contributed by atoms with Crippen LogP contribution in [-0.4, -0.2) is 31.4 Å². The van der Waals surface area contributed by atoms with Gasteiger partial charge in [0.1, 0.15) is 5.75 Å². The highest BCUT2D eigenvalue weighted by molar-refractivity contribution is 5.58. The second-order valence-electron chi connectivity index (χ2n) is 5.88. The van der Waals surface area contributed by atoms with Crippen molar-refractivity contribution in [3.8, 4) is 5.75 Å². The maximum atomic E-state index is 10.4. The van der Waals surface area contributed by atoms with E-state index in [2.05, 4.69) is 44.7 Å². The molecule has 0 radical (unpaired) electrons. The molecule has 1 N–H and O–H groups in total. The number of rotatable bonds is 3. The first kappa shape index (κ1) is 14.2. The van der Waals surface area contributed by atoms with Crippen LogP contribution >= 0.6 is 0 Å². The predicted octanol–water partition coefficient (Wildman–Crippen LogP) is 3.48. The summed E-state index contributed by atoms with van der Waals surface area (Å²) < 4.78 is 5.41. The van der Waals surface area contributed by atoms with Crippen molar-refractivity contribution in [3.63, 3.8) is 0 Å². The van der Waals surface area contributed by atoms with Crippen molar-refractivity contribution in [2.75, 3.05) is 31.2 Å². The Labute approximate surface area is 116 Å². The number of hydrogen-bond acceptors (Lipinski definition) is 3. The van der Waals surface area contributed by atoms with Crippen LogP contribution in [-0.2, 0) is 4.74 Å². The van der Waals surface area contributed by atoms with Gasteiger partial charge < -0.3 is 14.7 Å². The monoisotopic (exact) mass is 263 g/mol. The van der Waals surface area contributed by atoms with Crippen LogP contribution < -0.4 is 4.90 Å². The van der Waals surface area contributed by atoms with Crippen LogP contribution in [0.25, 0.3) is 0 Å². The van der Waals surface area contributed by atoms with E-state index in [-0.39, 0.29) is 0 Å². The Bertz CT molecular complexity index is 405. The highest BCUT2D eigenvalue weighted by atomic mass is 16.5. The minimum Gasteiger partial charge on any atom is -0.507 e. The molecule has 1 aliphatic heterocycles. The van der Waals surface area contributed by atoms with Gasteiger partial charge in [0.2, 0.25) is 0 Å². The molecule has 0 amide bonds. The minimum absolute atomic E-state index is 0.332. The van der Waals surface area contributed by atoms with Gasteiger partial charge in [-0.15, -0.1) is 0 Å². The zero-order chi connectivity index (χ0) is 14.0. The molecule has 1 fully saturated rings. The van der Waals surface area contributed by atoms with Crippen molar-refractivity contribution in [2.24, 2.45) is 0 Å². The number of morpholine rings is 1. The first-order valence-electron chi connectivity index (χ1n) is 7.20. The van der Waals surface area contributed by atoms with E-state index in [0.717, 1.165) is 37.4 Å². The van der Waals surface area contributed by atoms with Crippen LogP contribution in [0.15, 0.2) is 12.1 Å². The van der Waals surface area contributed by atoms with Crippen molar-refractivity contribution in [1.82, 2.24) is 0 Å². The molecule has 1 aromatic carbocycles. The Morgan fingerprint density at radius 1 is 1.00 bits per heavy atom. The van der Waals surface area contributed by atoms with Gasteiger partial charge in [0.15, 0.2) is 0 Å². The SMILES string of the molecule is CC(C)c1cc(N2CCOCC2)cc(C(C)C)c1O. The maximum absolute atomic E-state index is 10.4. The van der Waals surface area contributed by atoms with Crippen molar-refractivity contribution >= 4 is 5.69 Å². The van der Waals surface area contributed by atoms with Gasteiger partial charge in [0, 0.05) is 18.8 Å². The molecule has 1 aliphatic rings. The van der Waals surface area contributed by atoms with Crippen molar-refractivity contribution in [1.29, 1.82) is 0 Å². The zero-order valence-electron chi connectivity index (χ0n) is 12.4. The van der Waals surface area contributed by atoms with Crippen LogP contribution in [0.3, 0.4) is 0 Å². The predicted molar refractivity (Wildman–Crippen MR) is 79.3 cm³/mol. The van der Waals surface area contributed by atoms with Crippen LogP contribution in [0.4, 0.5) is 5.69 Å². The third-order valence-electron chi connectivity index (χ3n) is 3.77. The van der Waals surface area contributed by atoms with Gasteiger partial charge in [0.05, 0.1) is 13.2 Å². The smallest absolute Gasteiger partial charge is 0.122 e. The number of phenols is 1. The molecular formula is C16H25NO2. The second-order valence-corrected chi connectivity index (χ2v) is 5.88. The highest BCUT2D eigenvalue weighted by Gasteiger charge is 2.19. The lowest BCUT2D eigenvalue weighted by Gasteiger charge is -2.30. The first-order valence-corrected chi connectivity index (χ1v) is 7.20. The average Bonchev–Trinajstić information content (AvgIpc) is 2.39. The molecule has 0 saturated carbocycles. The number of phenolic OH excluding ortho intramolecular Hbond substituents is 1. The number of hydrogen-bond donors (Lipinski definition) is 1. The van der Waals surface area contributed by atoms with E-state index >= 15 is 0 Å². The molecule has 1 heterocycles. The summed E-state index contributed by atoms with van der Waals surface area (Å²) in [7, 11) is 0. The number of benzene rings is 1. The molecule has 106 valence electrons. The summed E-state index contributed by atoms with van der Waals surface area (Å²) in [6.07, 6.45) is 0. The van der Waals surface area contributed by atoms with Crippen LogP contribution in [0.1, 0.15) is 50.7 Å². The van der Waals surface area contributed by atoms with Gasteiger partial charge in [-0.05, 0) is 35.1 Å². The van der Waals surface area contributed by atoms with E-state index in [0.29, 0.717) is 17.6 Å². The Balaban J connectivity index is 2.43. The van der Waals surface area contributed by atoms with E-state index < -0.39 is 0 Å². The molecule has 1 aromatic rings. The summed E-state index contributed by atoms with van der Waals surface area (Å²) in [4.78, 5) is 2.35. The van der Waals surface area contributed by atoms with Gasteiger partial charge in [-0.25, -0.2) is 0 Å². The second kappa shape index (κ2) is 5.83. The van der Waals surface area contributed by atoms with E-state index in [9.17, 15) is 5.11 Å². The summed E-state index contributed by atoms with van der Waals surface area (Å²) >= 11 is 0. The quantitative estimate of drug-likeness (QED) is 0.906. The molecule has 3 nitrogen and oxygen atoms in total. The molecular weight excluding hydrogens is 238 g/mol. The summed E-state index contributed by atoms with van der Waals surface area (Å²) in [5, 5.41) is 10.4. The molecule has 19 heavy (non-hydrogen) atoms. The Morgan fingerprint density at radius 3 is 1.89 bits per heavy atom. The fraction of sp³-hybridized carbons (Fsp3) is 0.625. The normalized spacial score (nSPS) is 16.4. The lowest BCUT2D eigenvalue weighted by atomic mass is 9.93. The van der Waals surface area contributed by atoms with E-state index in [1.54, 1.807) is 0 Å². The highest BCUT2D eigenvalue weighted by Crippen LogP contribution is 2.37. The number of aromatic hydroxyl groups is 1. The molecule has 1 saturated heterocycles. The van der Waals surface area contributed by atoms with Crippen molar-refractivity contribution in [2.45, 2.75) is 39.5 Å². The molecule has 0 unspecified atom stereocenters. The van der Waals surface area contributed by atoms with E-state index in [1.807, 2.05) is 0 Å². The summed E-state index contributed by atoms with van der Waals surface area (Å²) in [6, 6.07) is 4.27. The molecule has 0 spiro atoms. The average molecular weight is 263 g/mol. The van der Waals surface area contributed by atoms with Gasteiger partial charge in [-0.2, -0.15) is 0 Å². The molecule has 3 heteroatoms. The fourth-order valence-corrected chi connectivity index (χ4v) is 2.55. The molecule has 0 bridgehead atoms. The van der Waals surface area contributed by atoms with Crippen LogP contribution in [0.5, 0.6) is 5.75 Å². The molecule has 2 rings (SSSR count). The topological polar surface area (TPSA) is 32.7 Å². The summed E-state index contributed by atoms with van der Waals surface area (Å²) in [5.74, 6) is 1.14. The van der Waals surface area contributed by atoms with Gasteiger partial charge >= 0.3 is 0 Å². The third kappa shape index (κ3) is 3.03. The Hall–Kier alpha value is -1.22. The van der Waals surface area contributed by atoms with E-state index in [1.165, 1.54) is 5.69 Å². The fourth-order valence-electron chi connectivity index (χ4n) is 2.55. The number of anilines is 1. The standard InChI is InChI=1S/C16H25NO2/c1-11(2)14-9-13(17-5-7-19-8-6-17)10-15(12(3)4)16(14)18/h9-12,18H,5-8H2,1-4H3. The minimum atomic E-state index is 0.332. The van der Waals surface area contributed by atoms with Gasteiger partial charge in [-0.3, -0.25) is 0 Å². The Kier molecular flexibility index (Phi) is 4.35. The number of ether oxygens (including phenoxy) is 1. The van der Waals surface area contributed by atoms with Gasteiger partial charge in [-0.1, -0.05) is 27.7 Å². The maximum Gasteiger partial charge on any atom is 0.122 e. The van der Waals surface area contributed by atoms with Crippen LogP contribution in [0, 0.1) is 0 Å². The lowest BCUT2D eigenvalue weighted by Crippen LogP contribution is -2.36. The number of nitrogens with zero attached hydrogens (tertiary/aromatic N) is 1. The summed E-state index contributed by atoms with van der Waals surface area (Å²) in [6.45, 7) is 11.9.